The minimum Gasteiger partial charge on any atom is -0.507 e. The number of ether oxygens (including phenoxy) is 1. The van der Waals surface area contributed by atoms with Crippen molar-refractivity contribution in [3.05, 3.63) is 29.8 Å². The Morgan fingerprint density at radius 3 is 2.54 bits per heavy atom. The highest BCUT2D eigenvalue weighted by atomic mass is 19.3. The lowest BCUT2D eigenvalue weighted by atomic mass is 10.1. The molecule has 1 rings (SSSR count). The van der Waals surface area contributed by atoms with Crippen molar-refractivity contribution in [2.45, 2.75) is 5.92 Å². The first-order valence-corrected chi connectivity index (χ1v) is 3.73. The molecule has 1 aromatic rings. The molecule has 0 spiro atoms. The third-order valence-corrected chi connectivity index (χ3v) is 1.62. The average Bonchev–Trinajstić information content (AvgIpc) is 2.04. The van der Waals surface area contributed by atoms with Gasteiger partial charge in [0.15, 0.2) is 0 Å². The molecule has 0 radical (unpaired) electrons. The molecule has 13 heavy (non-hydrogen) atoms. The van der Waals surface area contributed by atoms with Crippen LogP contribution in [-0.4, -0.2) is 18.8 Å². The Balaban J connectivity index is 2.99. The van der Waals surface area contributed by atoms with Crippen LogP contribution in [0.1, 0.15) is 5.56 Å². The molecule has 0 aromatic heterocycles. The molecule has 1 aromatic carbocycles. The van der Waals surface area contributed by atoms with Crippen LogP contribution in [0.25, 0.3) is 0 Å². The molecule has 4 heteroatoms. The van der Waals surface area contributed by atoms with Crippen LogP contribution in [0.15, 0.2) is 24.3 Å². The minimum atomic E-state index is -3.14. The number of phenols is 1. The van der Waals surface area contributed by atoms with Crippen molar-refractivity contribution >= 4 is 0 Å². The summed E-state index contributed by atoms with van der Waals surface area (Å²) in [4.78, 5) is 0. The highest BCUT2D eigenvalue weighted by Gasteiger charge is 2.33. The molecule has 0 aliphatic carbocycles. The van der Waals surface area contributed by atoms with Crippen LogP contribution in [0.3, 0.4) is 0 Å². The number of alkyl halides is 2. The van der Waals surface area contributed by atoms with Gasteiger partial charge in [0.2, 0.25) is 0 Å². The van der Waals surface area contributed by atoms with E-state index >= 15 is 0 Å². The topological polar surface area (TPSA) is 29.5 Å². The third-order valence-electron chi connectivity index (χ3n) is 1.62. The van der Waals surface area contributed by atoms with Gasteiger partial charge in [0.25, 0.3) is 5.92 Å². The molecule has 0 atom stereocenters. The van der Waals surface area contributed by atoms with Crippen molar-refractivity contribution < 1.29 is 18.6 Å². The Morgan fingerprint density at radius 1 is 1.38 bits per heavy atom. The molecule has 0 saturated carbocycles. The smallest absolute Gasteiger partial charge is 0.299 e. The summed E-state index contributed by atoms with van der Waals surface area (Å²) in [6, 6.07) is 5.33. The van der Waals surface area contributed by atoms with Crippen molar-refractivity contribution in [2.24, 2.45) is 0 Å². The van der Waals surface area contributed by atoms with Gasteiger partial charge in [0.1, 0.15) is 12.4 Å². The fourth-order valence-corrected chi connectivity index (χ4v) is 1.04. The van der Waals surface area contributed by atoms with Crippen LogP contribution in [-0.2, 0) is 10.7 Å². The number of methoxy groups -OCH3 is 1. The molecular formula is C9H10F2O2. The van der Waals surface area contributed by atoms with Crippen molar-refractivity contribution in [1.82, 2.24) is 0 Å². The van der Waals surface area contributed by atoms with E-state index in [1.54, 1.807) is 0 Å². The first-order valence-electron chi connectivity index (χ1n) is 3.73. The lowest BCUT2D eigenvalue weighted by molar-refractivity contribution is -0.0710. The summed E-state index contributed by atoms with van der Waals surface area (Å²) < 4.78 is 30.6. The molecule has 0 heterocycles. The van der Waals surface area contributed by atoms with E-state index in [0.29, 0.717) is 0 Å². The second-order valence-electron chi connectivity index (χ2n) is 2.65. The number of benzene rings is 1. The van der Waals surface area contributed by atoms with Gasteiger partial charge in [-0.3, -0.25) is 0 Å². The maximum Gasteiger partial charge on any atom is 0.299 e. The summed E-state index contributed by atoms with van der Waals surface area (Å²) in [5.41, 5.74) is -0.406. The molecule has 0 amide bonds. The van der Waals surface area contributed by atoms with E-state index in [1.165, 1.54) is 31.4 Å². The molecule has 0 aliphatic heterocycles. The van der Waals surface area contributed by atoms with Gasteiger partial charge in [0.05, 0.1) is 5.56 Å². The predicted molar refractivity (Wildman–Crippen MR) is 43.9 cm³/mol. The summed E-state index contributed by atoms with van der Waals surface area (Å²) in [5, 5.41) is 9.14. The summed E-state index contributed by atoms with van der Waals surface area (Å²) >= 11 is 0. The van der Waals surface area contributed by atoms with Crippen LogP contribution >= 0.6 is 0 Å². The molecule has 0 bridgehead atoms. The van der Waals surface area contributed by atoms with Gasteiger partial charge >= 0.3 is 0 Å². The number of rotatable bonds is 3. The summed E-state index contributed by atoms with van der Waals surface area (Å²) in [5.74, 6) is -3.55. The monoisotopic (exact) mass is 188 g/mol. The molecule has 0 unspecified atom stereocenters. The maximum atomic E-state index is 13.1. The van der Waals surface area contributed by atoms with Crippen LogP contribution < -0.4 is 0 Å². The van der Waals surface area contributed by atoms with Crippen molar-refractivity contribution in [2.75, 3.05) is 13.7 Å². The SMILES string of the molecule is COCC(F)(F)c1ccccc1O. The highest BCUT2D eigenvalue weighted by Crippen LogP contribution is 2.33. The van der Waals surface area contributed by atoms with E-state index in [9.17, 15) is 8.78 Å². The third kappa shape index (κ3) is 2.15. The van der Waals surface area contributed by atoms with Crippen molar-refractivity contribution in [3.8, 4) is 5.75 Å². The quantitative estimate of drug-likeness (QED) is 0.787. The summed E-state index contributed by atoms with van der Waals surface area (Å²) in [6.45, 7) is -0.732. The maximum absolute atomic E-state index is 13.1. The van der Waals surface area contributed by atoms with E-state index in [4.69, 9.17) is 5.11 Å². The number of halogens is 2. The normalized spacial score (nSPS) is 11.6. The van der Waals surface area contributed by atoms with Crippen LogP contribution in [0, 0.1) is 0 Å². The van der Waals surface area contributed by atoms with Crippen molar-refractivity contribution in [1.29, 1.82) is 0 Å². The zero-order valence-electron chi connectivity index (χ0n) is 7.13. The standard InChI is InChI=1S/C9H10F2O2/c1-13-6-9(10,11)7-4-2-3-5-8(7)12/h2-5,12H,6H2,1H3. The van der Waals surface area contributed by atoms with Gasteiger partial charge in [-0.15, -0.1) is 0 Å². The zero-order chi connectivity index (χ0) is 9.90. The Labute approximate surface area is 74.8 Å². The van der Waals surface area contributed by atoms with Gasteiger partial charge < -0.3 is 9.84 Å². The van der Waals surface area contributed by atoms with Gasteiger partial charge in [-0.2, -0.15) is 8.78 Å². The lowest BCUT2D eigenvalue weighted by Crippen LogP contribution is -2.20. The lowest BCUT2D eigenvalue weighted by Gasteiger charge is -2.16. The Kier molecular flexibility index (Phi) is 2.83. The molecule has 0 saturated heterocycles. The van der Waals surface area contributed by atoms with Gasteiger partial charge in [-0.1, -0.05) is 12.1 Å². The first-order chi connectivity index (χ1) is 6.08. The van der Waals surface area contributed by atoms with E-state index in [-0.39, 0.29) is 0 Å². The van der Waals surface area contributed by atoms with E-state index in [0.717, 1.165) is 0 Å². The molecule has 0 aliphatic rings. The van der Waals surface area contributed by atoms with E-state index < -0.39 is 23.8 Å². The van der Waals surface area contributed by atoms with Crippen LogP contribution in [0.2, 0.25) is 0 Å². The molecular weight excluding hydrogens is 178 g/mol. The van der Waals surface area contributed by atoms with Gasteiger partial charge in [-0.25, -0.2) is 0 Å². The number of hydrogen-bond acceptors (Lipinski definition) is 2. The predicted octanol–water partition coefficient (Wildman–Crippen LogP) is 2.13. The Morgan fingerprint density at radius 2 is 2.00 bits per heavy atom. The fourth-order valence-electron chi connectivity index (χ4n) is 1.04. The zero-order valence-corrected chi connectivity index (χ0v) is 7.13. The second kappa shape index (κ2) is 3.70. The minimum absolute atomic E-state index is 0.406. The molecule has 2 nitrogen and oxygen atoms in total. The number of hydrogen-bond donors (Lipinski definition) is 1. The Hall–Kier alpha value is -1.16. The Bertz CT molecular complexity index is 287. The second-order valence-corrected chi connectivity index (χ2v) is 2.65. The van der Waals surface area contributed by atoms with Gasteiger partial charge in [-0.05, 0) is 12.1 Å². The number of para-hydroxylation sites is 1. The largest absolute Gasteiger partial charge is 0.507 e. The van der Waals surface area contributed by atoms with Crippen LogP contribution in [0.4, 0.5) is 8.78 Å². The molecule has 0 fully saturated rings. The highest BCUT2D eigenvalue weighted by molar-refractivity contribution is 5.35. The molecule has 72 valence electrons. The van der Waals surface area contributed by atoms with Crippen LogP contribution in [0.5, 0.6) is 5.75 Å². The van der Waals surface area contributed by atoms with Gasteiger partial charge in [0, 0.05) is 7.11 Å². The first kappa shape index (κ1) is 9.92. The van der Waals surface area contributed by atoms with Crippen molar-refractivity contribution in [3.63, 3.8) is 0 Å². The summed E-state index contributed by atoms with van der Waals surface area (Å²) in [6.07, 6.45) is 0. The number of phenolic OH excluding ortho intramolecular Hbond substituents is 1. The molecule has 1 N–H and O–H groups in total. The summed E-state index contributed by atoms with van der Waals surface area (Å²) in [7, 11) is 1.19. The fraction of sp³-hybridized carbons (Fsp3) is 0.333. The van der Waals surface area contributed by atoms with E-state index in [2.05, 4.69) is 4.74 Å². The van der Waals surface area contributed by atoms with E-state index in [1.807, 2.05) is 0 Å². The number of aromatic hydroxyl groups is 1. The average molecular weight is 188 g/mol.